The standard InChI is InChI=1S/C18H23ClN2O4/c1-11-3-4-13(18(20)23)10-21(11)16(22)9-12-7-14(19)17-15(8-12)24-5-2-6-25-17/h7-8,11,13H,2-6,9-10H2,1H3,(H2,20,23)/t11-,13-/m0/s1. The lowest BCUT2D eigenvalue weighted by Crippen LogP contribution is -2.49. The molecule has 0 aromatic heterocycles. The number of carbonyl (C=O) groups excluding carboxylic acids is 2. The number of carbonyl (C=O) groups is 2. The number of amides is 2. The Bertz CT molecular complexity index is 679. The summed E-state index contributed by atoms with van der Waals surface area (Å²) in [5.41, 5.74) is 6.18. The van der Waals surface area contributed by atoms with E-state index in [0.717, 1.165) is 24.8 Å². The fourth-order valence-electron chi connectivity index (χ4n) is 3.35. The van der Waals surface area contributed by atoms with Crippen LogP contribution in [0, 0.1) is 5.92 Å². The first kappa shape index (κ1) is 17.9. The zero-order valence-electron chi connectivity index (χ0n) is 14.3. The molecule has 136 valence electrons. The van der Waals surface area contributed by atoms with E-state index in [1.807, 2.05) is 13.0 Å². The van der Waals surface area contributed by atoms with Gasteiger partial charge in [-0.15, -0.1) is 0 Å². The maximum Gasteiger partial charge on any atom is 0.227 e. The Balaban J connectivity index is 1.75. The van der Waals surface area contributed by atoms with Crippen molar-refractivity contribution in [2.45, 2.75) is 38.6 Å². The lowest BCUT2D eigenvalue weighted by molar-refractivity contribution is -0.136. The van der Waals surface area contributed by atoms with Gasteiger partial charge in [0.2, 0.25) is 11.8 Å². The lowest BCUT2D eigenvalue weighted by atomic mass is 9.92. The van der Waals surface area contributed by atoms with Crippen LogP contribution in [0.4, 0.5) is 0 Å². The molecule has 25 heavy (non-hydrogen) atoms. The first-order chi connectivity index (χ1) is 12.0. The van der Waals surface area contributed by atoms with E-state index in [0.29, 0.717) is 36.3 Å². The Kier molecular flexibility index (Phi) is 5.37. The van der Waals surface area contributed by atoms with Gasteiger partial charge in [-0.2, -0.15) is 0 Å². The van der Waals surface area contributed by atoms with Crippen molar-refractivity contribution < 1.29 is 19.1 Å². The highest BCUT2D eigenvalue weighted by molar-refractivity contribution is 6.32. The van der Waals surface area contributed by atoms with Crippen LogP contribution in [0.5, 0.6) is 11.5 Å². The van der Waals surface area contributed by atoms with Gasteiger partial charge < -0.3 is 20.1 Å². The summed E-state index contributed by atoms with van der Waals surface area (Å²) in [6.45, 7) is 3.50. The second-order valence-corrected chi connectivity index (χ2v) is 7.11. The molecule has 1 saturated heterocycles. The van der Waals surface area contributed by atoms with Gasteiger partial charge in [-0.3, -0.25) is 9.59 Å². The molecule has 2 aliphatic rings. The minimum absolute atomic E-state index is 0.0380. The zero-order valence-corrected chi connectivity index (χ0v) is 15.1. The molecule has 2 amide bonds. The van der Waals surface area contributed by atoms with Crippen molar-refractivity contribution in [1.82, 2.24) is 4.90 Å². The summed E-state index contributed by atoms with van der Waals surface area (Å²) in [6.07, 6.45) is 2.50. The molecule has 0 saturated carbocycles. The molecule has 0 unspecified atom stereocenters. The van der Waals surface area contributed by atoms with Gasteiger partial charge in [-0.25, -0.2) is 0 Å². The van der Waals surface area contributed by atoms with Gasteiger partial charge >= 0.3 is 0 Å². The molecule has 2 N–H and O–H groups in total. The number of hydrogen-bond acceptors (Lipinski definition) is 4. The summed E-state index contributed by atoms with van der Waals surface area (Å²) >= 11 is 6.29. The maximum absolute atomic E-state index is 12.8. The monoisotopic (exact) mass is 366 g/mol. The average Bonchev–Trinajstić information content (AvgIpc) is 2.80. The summed E-state index contributed by atoms with van der Waals surface area (Å²) < 4.78 is 11.3. The first-order valence-corrected chi connectivity index (χ1v) is 9.00. The molecule has 6 nitrogen and oxygen atoms in total. The second-order valence-electron chi connectivity index (χ2n) is 6.70. The highest BCUT2D eigenvalue weighted by Crippen LogP contribution is 2.38. The molecule has 2 aliphatic heterocycles. The molecule has 2 atom stereocenters. The Morgan fingerprint density at radius 2 is 2.04 bits per heavy atom. The van der Waals surface area contributed by atoms with E-state index in [2.05, 4.69) is 0 Å². The highest BCUT2D eigenvalue weighted by atomic mass is 35.5. The van der Waals surface area contributed by atoms with Crippen molar-refractivity contribution in [3.05, 3.63) is 22.7 Å². The third-order valence-corrected chi connectivity index (χ3v) is 5.10. The first-order valence-electron chi connectivity index (χ1n) is 8.62. The van der Waals surface area contributed by atoms with E-state index >= 15 is 0 Å². The van der Waals surface area contributed by atoms with Gasteiger partial charge in [0, 0.05) is 19.0 Å². The number of fused-ring (bicyclic) bond motifs is 1. The number of nitrogens with two attached hydrogens (primary N) is 1. The summed E-state index contributed by atoms with van der Waals surface area (Å²) in [6, 6.07) is 3.65. The van der Waals surface area contributed by atoms with Gasteiger partial charge in [-0.05, 0) is 37.5 Å². The normalized spacial score (nSPS) is 23.0. The molecule has 1 fully saturated rings. The minimum atomic E-state index is -0.344. The topological polar surface area (TPSA) is 81.9 Å². The van der Waals surface area contributed by atoms with Crippen LogP contribution in [-0.4, -0.2) is 42.5 Å². The number of primary amides is 1. The summed E-state index contributed by atoms with van der Waals surface area (Å²) in [5, 5.41) is 0.448. The number of halogens is 1. The predicted molar refractivity (Wildman–Crippen MR) is 93.9 cm³/mol. The molecule has 0 spiro atoms. The largest absolute Gasteiger partial charge is 0.489 e. The Morgan fingerprint density at radius 3 is 2.80 bits per heavy atom. The average molecular weight is 367 g/mol. The molecular formula is C18H23ClN2O4. The van der Waals surface area contributed by atoms with E-state index in [1.54, 1.807) is 11.0 Å². The number of nitrogens with zero attached hydrogens (tertiary/aromatic N) is 1. The number of rotatable bonds is 3. The fraction of sp³-hybridized carbons (Fsp3) is 0.556. The third kappa shape index (κ3) is 4.00. The maximum atomic E-state index is 12.8. The van der Waals surface area contributed by atoms with Crippen molar-refractivity contribution >= 4 is 23.4 Å². The van der Waals surface area contributed by atoms with Gasteiger partial charge in [-0.1, -0.05) is 11.6 Å². The van der Waals surface area contributed by atoms with Crippen molar-refractivity contribution in [2.24, 2.45) is 11.7 Å². The van der Waals surface area contributed by atoms with Crippen LogP contribution in [0.15, 0.2) is 12.1 Å². The number of benzene rings is 1. The molecule has 3 rings (SSSR count). The molecule has 0 aliphatic carbocycles. The SMILES string of the molecule is C[C@H]1CC[C@H](C(N)=O)CN1C(=O)Cc1cc(Cl)c2c(c1)OCCCO2. The number of likely N-dealkylation sites (tertiary alicyclic amines) is 1. The van der Waals surface area contributed by atoms with E-state index < -0.39 is 0 Å². The summed E-state index contributed by atoms with van der Waals surface area (Å²) in [4.78, 5) is 26.0. The number of hydrogen-bond donors (Lipinski definition) is 1. The third-order valence-electron chi connectivity index (χ3n) is 4.82. The fourth-order valence-corrected chi connectivity index (χ4v) is 3.64. The molecule has 2 heterocycles. The van der Waals surface area contributed by atoms with E-state index in [9.17, 15) is 9.59 Å². The van der Waals surface area contributed by atoms with Crippen molar-refractivity contribution in [3.63, 3.8) is 0 Å². The Hall–Kier alpha value is -1.95. The van der Waals surface area contributed by atoms with Crippen molar-refractivity contribution in [1.29, 1.82) is 0 Å². The zero-order chi connectivity index (χ0) is 18.0. The smallest absolute Gasteiger partial charge is 0.227 e. The molecule has 0 bridgehead atoms. The van der Waals surface area contributed by atoms with Crippen molar-refractivity contribution in [3.8, 4) is 11.5 Å². The Labute approximate surface area is 152 Å². The van der Waals surface area contributed by atoms with Crippen LogP contribution in [0.2, 0.25) is 5.02 Å². The van der Waals surface area contributed by atoms with E-state index in [-0.39, 0.29) is 30.2 Å². The van der Waals surface area contributed by atoms with Crippen LogP contribution in [0.3, 0.4) is 0 Å². The van der Waals surface area contributed by atoms with Gasteiger partial charge in [0.15, 0.2) is 11.5 Å². The van der Waals surface area contributed by atoms with Crippen molar-refractivity contribution in [2.75, 3.05) is 19.8 Å². The number of piperidine rings is 1. The van der Waals surface area contributed by atoms with Gasteiger partial charge in [0.1, 0.15) is 0 Å². The quantitative estimate of drug-likeness (QED) is 0.888. The Morgan fingerprint density at radius 1 is 1.28 bits per heavy atom. The molecule has 1 aromatic rings. The van der Waals surface area contributed by atoms with Crippen LogP contribution in [0.1, 0.15) is 31.7 Å². The number of ether oxygens (including phenoxy) is 2. The van der Waals surface area contributed by atoms with E-state index in [4.69, 9.17) is 26.8 Å². The van der Waals surface area contributed by atoms with E-state index in [1.165, 1.54) is 0 Å². The van der Waals surface area contributed by atoms with Crippen LogP contribution in [0.25, 0.3) is 0 Å². The van der Waals surface area contributed by atoms with Crippen LogP contribution >= 0.6 is 11.6 Å². The summed E-state index contributed by atoms with van der Waals surface area (Å²) in [5.74, 6) is 0.463. The second kappa shape index (κ2) is 7.52. The molecule has 7 heteroatoms. The highest BCUT2D eigenvalue weighted by Gasteiger charge is 2.31. The molecule has 0 radical (unpaired) electrons. The van der Waals surface area contributed by atoms with Gasteiger partial charge in [0.25, 0.3) is 0 Å². The van der Waals surface area contributed by atoms with Crippen LogP contribution in [-0.2, 0) is 16.0 Å². The summed E-state index contributed by atoms with van der Waals surface area (Å²) in [7, 11) is 0. The minimum Gasteiger partial charge on any atom is -0.489 e. The molecular weight excluding hydrogens is 344 g/mol. The van der Waals surface area contributed by atoms with Gasteiger partial charge in [0.05, 0.1) is 30.6 Å². The predicted octanol–water partition coefficient (Wildman–Crippen LogP) is 2.16. The van der Waals surface area contributed by atoms with Crippen LogP contribution < -0.4 is 15.2 Å². The molecule has 1 aromatic carbocycles. The lowest BCUT2D eigenvalue weighted by Gasteiger charge is -2.37.